The molecule has 1 unspecified atom stereocenters. The number of fused-ring (bicyclic) bond motifs is 1. The Labute approximate surface area is 127 Å². The third kappa shape index (κ3) is 2.96. The third-order valence-electron chi connectivity index (χ3n) is 4.41. The summed E-state index contributed by atoms with van der Waals surface area (Å²) in [7, 11) is 0. The summed E-state index contributed by atoms with van der Waals surface area (Å²) < 4.78 is 0. The Morgan fingerprint density at radius 2 is 1.81 bits per heavy atom. The fourth-order valence-electron chi connectivity index (χ4n) is 3.05. The van der Waals surface area contributed by atoms with Crippen molar-refractivity contribution in [2.24, 2.45) is 5.73 Å². The average Bonchev–Trinajstić information content (AvgIpc) is 2.51. The lowest BCUT2D eigenvalue weighted by Gasteiger charge is -2.34. The molecule has 2 N–H and O–H groups in total. The molecule has 2 aromatic carbocycles. The second kappa shape index (κ2) is 5.90. The van der Waals surface area contributed by atoms with E-state index in [2.05, 4.69) is 67.3 Å². The molecule has 1 heterocycles. The van der Waals surface area contributed by atoms with Gasteiger partial charge in [0.1, 0.15) is 0 Å². The fourth-order valence-corrected chi connectivity index (χ4v) is 3.05. The summed E-state index contributed by atoms with van der Waals surface area (Å²) in [4.78, 5) is 2.45. The lowest BCUT2D eigenvalue weighted by Crippen LogP contribution is -2.33. The van der Waals surface area contributed by atoms with Crippen LogP contribution in [0, 0.1) is 0 Å². The molecular weight excluding hydrogens is 256 g/mol. The highest BCUT2D eigenvalue weighted by atomic mass is 15.1. The second-order valence-corrected chi connectivity index (χ2v) is 6.27. The van der Waals surface area contributed by atoms with Gasteiger partial charge in [-0.25, -0.2) is 0 Å². The van der Waals surface area contributed by atoms with E-state index in [4.69, 9.17) is 5.73 Å². The molecular formula is C19H24N2. The lowest BCUT2D eigenvalue weighted by atomic mass is 9.96. The highest BCUT2D eigenvalue weighted by Crippen LogP contribution is 2.33. The van der Waals surface area contributed by atoms with Gasteiger partial charge in [0.05, 0.1) is 0 Å². The first-order chi connectivity index (χ1) is 10.1. The minimum Gasteiger partial charge on any atom is -0.367 e. The van der Waals surface area contributed by atoms with Gasteiger partial charge in [-0.15, -0.1) is 0 Å². The summed E-state index contributed by atoms with van der Waals surface area (Å²) >= 11 is 0. The van der Waals surface area contributed by atoms with Crippen molar-refractivity contribution in [3.63, 3.8) is 0 Å². The first-order valence-electron chi connectivity index (χ1n) is 7.83. The van der Waals surface area contributed by atoms with Gasteiger partial charge in [-0.2, -0.15) is 0 Å². The number of anilines is 1. The van der Waals surface area contributed by atoms with E-state index in [9.17, 15) is 0 Å². The first-order valence-corrected chi connectivity index (χ1v) is 7.83. The van der Waals surface area contributed by atoms with Crippen LogP contribution in [-0.2, 0) is 6.54 Å². The summed E-state index contributed by atoms with van der Waals surface area (Å²) in [6.45, 7) is 6.46. The number of benzene rings is 2. The van der Waals surface area contributed by atoms with E-state index in [-0.39, 0.29) is 6.04 Å². The van der Waals surface area contributed by atoms with Crippen LogP contribution in [-0.4, -0.2) is 6.54 Å². The van der Waals surface area contributed by atoms with E-state index >= 15 is 0 Å². The predicted octanol–water partition coefficient (Wildman–Crippen LogP) is 4.22. The molecule has 1 atom stereocenters. The van der Waals surface area contributed by atoms with Gasteiger partial charge < -0.3 is 10.6 Å². The van der Waals surface area contributed by atoms with Crippen LogP contribution in [0.3, 0.4) is 0 Å². The smallest absolute Gasteiger partial charge is 0.0429 e. The van der Waals surface area contributed by atoms with Crippen LogP contribution in [0.5, 0.6) is 0 Å². The predicted molar refractivity (Wildman–Crippen MR) is 89.6 cm³/mol. The molecule has 0 fully saturated rings. The van der Waals surface area contributed by atoms with Crippen molar-refractivity contribution in [1.82, 2.24) is 0 Å². The average molecular weight is 280 g/mol. The summed E-state index contributed by atoms with van der Waals surface area (Å²) in [6.07, 6.45) is 1.03. The summed E-state index contributed by atoms with van der Waals surface area (Å²) in [5.41, 5.74) is 11.6. The van der Waals surface area contributed by atoms with E-state index in [1.54, 1.807) is 0 Å². The molecule has 0 aliphatic carbocycles. The van der Waals surface area contributed by atoms with Crippen LogP contribution in [0.15, 0.2) is 48.5 Å². The lowest BCUT2D eigenvalue weighted by molar-refractivity contribution is 0.590. The first kappa shape index (κ1) is 14.2. The SMILES string of the molecule is CC(C)c1ccc(CN2CCC(N)c3ccccc32)cc1. The molecule has 0 amide bonds. The van der Waals surface area contributed by atoms with Crippen molar-refractivity contribution in [3.05, 3.63) is 65.2 Å². The van der Waals surface area contributed by atoms with Crippen molar-refractivity contribution >= 4 is 5.69 Å². The van der Waals surface area contributed by atoms with E-state index in [0.29, 0.717) is 5.92 Å². The summed E-state index contributed by atoms with van der Waals surface area (Å²) in [6, 6.07) is 17.7. The van der Waals surface area contributed by atoms with Crippen LogP contribution in [0.25, 0.3) is 0 Å². The molecule has 0 radical (unpaired) electrons. The zero-order chi connectivity index (χ0) is 14.8. The maximum atomic E-state index is 6.23. The summed E-state index contributed by atoms with van der Waals surface area (Å²) in [5.74, 6) is 0.591. The molecule has 1 aliphatic heterocycles. The van der Waals surface area contributed by atoms with Gasteiger partial charge in [0.2, 0.25) is 0 Å². The number of rotatable bonds is 3. The Kier molecular flexibility index (Phi) is 3.98. The molecule has 3 rings (SSSR count). The highest BCUT2D eigenvalue weighted by Gasteiger charge is 2.21. The van der Waals surface area contributed by atoms with Gasteiger partial charge in [0, 0.05) is 24.8 Å². The van der Waals surface area contributed by atoms with Crippen LogP contribution in [0.4, 0.5) is 5.69 Å². The van der Waals surface area contributed by atoms with Crippen LogP contribution >= 0.6 is 0 Å². The second-order valence-electron chi connectivity index (χ2n) is 6.27. The normalized spacial score (nSPS) is 17.9. The van der Waals surface area contributed by atoms with E-state index in [0.717, 1.165) is 19.5 Å². The van der Waals surface area contributed by atoms with Gasteiger partial charge in [-0.1, -0.05) is 56.3 Å². The molecule has 2 aromatic rings. The minimum atomic E-state index is 0.181. The molecule has 2 nitrogen and oxygen atoms in total. The molecule has 110 valence electrons. The van der Waals surface area contributed by atoms with Crippen LogP contribution < -0.4 is 10.6 Å². The zero-order valence-electron chi connectivity index (χ0n) is 12.9. The zero-order valence-corrected chi connectivity index (χ0v) is 12.9. The maximum Gasteiger partial charge on any atom is 0.0429 e. The molecule has 0 bridgehead atoms. The largest absolute Gasteiger partial charge is 0.367 e. The number of para-hydroxylation sites is 1. The van der Waals surface area contributed by atoms with Crippen LogP contribution in [0.1, 0.15) is 48.9 Å². The number of hydrogen-bond donors (Lipinski definition) is 1. The van der Waals surface area contributed by atoms with Crippen molar-refractivity contribution in [2.45, 2.75) is 38.8 Å². The summed E-state index contributed by atoms with van der Waals surface area (Å²) in [5, 5.41) is 0. The van der Waals surface area contributed by atoms with Crippen molar-refractivity contribution < 1.29 is 0 Å². The fraction of sp³-hybridized carbons (Fsp3) is 0.368. The number of nitrogens with two attached hydrogens (primary N) is 1. The molecule has 0 spiro atoms. The van der Waals surface area contributed by atoms with Gasteiger partial charge in [0.25, 0.3) is 0 Å². The van der Waals surface area contributed by atoms with Gasteiger partial charge in [0.15, 0.2) is 0 Å². The Hall–Kier alpha value is -1.80. The van der Waals surface area contributed by atoms with Crippen molar-refractivity contribution in [1.29, 1.82) is 0 Å². The Balaban J connectivity index is 1.81. The Morgan fingerprint density at radius 3 is 2.52 bits per heavy atom. The van der Waals surface area contributed by atoms with Gasteiger partial charge >= 0.3 is 0 Å². The molecule has 1 aliphatic rings. The topological polar surface area (TPSA) is 29.3 Å². The van der Waals surface area contributed by atoms with Crippen molar-refractivity contribution in [2.75, 3.05) is 11.4 Å². The molecule has 0 aromatic heterocycles. The molecule has 21 heavy (non-hydrogen) atoms. The quantitative estimate of drug-likeness (QED) is 0.912. The van der Waals surface area contributed by atoms with Crippen LogP contribution in [0.2, 0.25) is 0 Å². The molecule has 2 heteroatoms. The Bertz CT molecular complexity index is 601. The maximum absolute atomic E-state index is 6.23. The standard InChI is InChI=1S/C19H24N2/c1-14(2)16-9-7-15(8-10-16)13-21-12-11-18(20)17-5-3-4-6-19(17)21/h3-10,14,18H,11-13,20H2,1-2H3. The third-order valence-corrected chi connectivity index (χ3v) is 4.41. The molecule has 0 saturated heterocycles. The minimum absolute atomic E-state index is 0.181. The van der Waals surface area contributed by atoms with E-state index in [1.807, 2.05) is 0 Å². The Morgan fingerprint density at radius 1 is 1.10 bits per heavy atom. The number of hydrogen-bond acceptors (Lipinski definition) is 2. The molecule has 0 saturated carbocycles. The number of nitrogens with zero attached hydrogens (tertiary/aromatic N) is 1. The van der Waals surface area contributed by atoms with Gasteiger partial charge in [-0.05, 0) is 35.1 Å². The van der Waals surface area contributed by atoms with E-state index < -0.39 is 0 Å². The monoisotopic (exact) mass is 280 g/mol. The van der Waals surface area contributed by atoms with E-state index in [1.165, 1.54) is 22.4 Å². The van der Waals surface area contributed by atoms with Crippen molar-refractivity contribution in [3.8, 4) is 0 Å². The van der Waals surface area contributed by atoms with Gasteiger partial charge in [-0.3, -0.25) is 0 Å². The highest BCUT2D eigenvalue weighted by molar-refractivity contribution is 5.57.